The first kappa shape index (κ1) is 14.1. The lowest BCUT2D eigenvalue weighted by Crippen LogP contribution is -2.25. The fourth-order valence-corrected chi connectivity index (χ4v) is 2.26. The summed E-state index contributed by atoms with van der Waals surface area (Å²) in [6.07, 6.45) is 2.47. The number of hydrogen-bond acceptors (Lipinski definition) is 2. The molecule has 0 aliphatic heterocycles. The molecular weight excluding hydrogens is 254 g/mol. The summed E-state index contributed by atoms with van der Waals surface area (Å²) < 4.78 is 15.6. The highest BCUT2D eigenvalue weighted by Crippen LogP contribution is 2.18. The maximum Gasteiger partial charge on any atom is 0.144 e. The van der Waals surface area contributed by atoms with E-state index < -0.39 is 11.4 Å². The maximum atomic E-state index is 11.8. The third kappa shape index (κ3) is 3.82. The lowest BCUT2D eigenvalue weighted by molar-refractivity contribution is 0.561. The molecule has 3 heteroatoms. The van der Waals surface area contributed by atoms with Crippen LogP contribution < -0.4 is 0 Å². The average molecular weight is 273 g/mol. The van der Waals surface area contributed by atoms with E-state index in [0.717, 1.165) is 0 Å². The predicted molar refractivity (Wildman–Crippen MR) is 84.0 cm³/mol. The molecule has 0 bridgehead atoms. The topological polar surface area (TPSA) is 35.4 Å². The zero-order chi connectivity index (χ0) is 13.9. The van der Waals surface area contributed by atoms with Crippen molar-refractivity contribution in [3.63, 3.8) is 0 Å². The summed E-state index contributed by atoms with van der Waals surface area (Å²) >= 11 is -1.17. The summed E-state index contributed by atoms with van der Waals surface area (Å²) in [6.45, 7) is 5.78. The van der Waals surface area contributed by atoms with Gasteiger partial charge in [-0.1, -0.05) is 46.9 Å². The van der Waals surface area contributed by atoms with E-state index in [1.807, 2.05) is 32.9 Å². The number of rotatable bonds is 3. The van der Waals surface area contributed by atoms with Crippen LogP contribution >= 0.6 is 0 Å². The lowest BCUT2D eigenvalue weighted by atomic mass is 10.1. The van der Waals surface area contributed by atoms with Gasteiger partial charge in [-0.15, -0.1) is 0 Å². The Bertz CT molecular complexity index is 587. The zero-order valence-electron chi connectivity index (χ0n) is 11.6. The monoisotopic (exact) mass is 273 g/mol. The van der Waals surface area contributed by atoms with Crippen molar-refractivity contribution in [2.45, 2.75) is 31.9 Å². The minimum absolute atomic E-state index is 0.292. The van der Waals surface area contributed by atoms with E-state index in [2.05, 4.69) is 34.7 Å². The third-order valence-electron chi connectivity index (χ3n) is 2.84. The molecule has 0 N–H and O–H groups in total. The van der Waals surface area contributed by atoms with Gasteiger partial charge in [-0.05, 0) is 37.1 Å². The Morgan fingerprint density at radius 2 is 1.79 bits per heavy atom. The van der Waals surface area contributed by atoms with Crippen molar-refractivity contribution in [2.75, 3.05) is 0 Å². The number of hydrogen-bond donors (Lipinski definition) is 0. The van der Waals surface area contributed by atoms with Gasteiger partial charge in [0, 0.05) is 6.42 Å². The second-order valence-electron chi connectivity index (χ2n) is 5.54. The van der Waals surface area contributed by atoms with Gasteiger partial charge >= 0.3 is 0 Å². The minimum atomic E-state index is -1.17. The molecule has 0 spiro atoms. The minimum Gasteiger partial charge on any atom is -0.591 e. The molecule has 0 amide bonds. The fourth-order valence-electron chi connectivity index (χ4n) is 1.73. The van der Waals surface area contributed by atoms with Crippen LogP contribution in [0.1, 0.15) is 26.3 Å². The Kier molecular flexibility index (Phi) is 4.27. The van der Waals surface area contributed by atoms with Gasteiger partial charge in [0.2, 0.25) is 0 Å². The van der Waals surface area contributed by atoms with Gasteiger partial charge in [0.1, 0.15) is 16.1 Å². The van der Waals surface area contributed by atoms with Gasteiger partial charge in [0.25, 0.3) is 0 Å². The molecule has 2 nitrogen and oxygen atoms in total. The van der Waals surface area contributed by atoms with Crippen LogP contribution in [0.5, 0.6) is 0 Å². The van der Waals surface area contributed by atoms with Crippen molar-refractivity contribution < 1.29 is 4.55 Å². The van der Waals surface area contributed by atoms with Crippen LogP contribution in [0.15, 0.2) is 46.9 Å². The Labute approximate surface area is 117 Å². The van der Waals surface area contributed by atoms with E-state index in [1.165, 1.54) is 16.3 Å². The summed E-state index contributed by atoms with van der Waals surface area (Å²) in [7, 11) is 0. The quantitative estimate of drug-likeness (QED) is 0.616. The SMILES string of the molecule is CC(C)(C)[S+]([O-])N=CCc1ccc2ccccc2c1. The zero-order valence-corrected chi connectivity index (χ0v) is 12.4. The van der Waals surface area contributed by atoms with Crippen LogP contribution in [0.4, 0.5) is 0 Å². The molecule has 100 valence electrons. The molecule has 1 atom stereocenters. The normalized spacial score (nSPS) is 14.1. The van der Waals surface area contributed by atoms with Crippen molar-refractivity contribution in [1.82, 2.24) is 0 Å². The number of benzene rings is 2. The van der Waals surface area contributed by atoms with Gasteiger partial charge in [0.05, 0.1) is 6.21 Å². The van der Waals surface area contributed by atoms with Crippen molar-refractivity contribution in [3.05, 3.63) is 48.0 Å². The Hall–Kier alpha value is -1.32. The lowest BCUT2D eigenvalue weighted by Gasteiger charge is -2.17. The molecule has 0 aromatic heterocycles. The van der Waals surface area contributed by atoms with Crippen molar-refractivity contribution >= 4 is 28.3 Å². The first-order valence-corrected chi connectivity index (χ1v) is 7.50. The van der Waals surface area contributed by atoms with Crippen molar-refractivity contribution in [2.24, 2.45) is 4.40 Å². The van der Waals surface area contributed by atoms with Crippen LogP contribution in [0.3, 0.4) is 0 Å². The highest BCUT2D eigenvalue weighted by molar-refractivity contribution is 7.91. The smallest absolute Gasteiger partial charge is 0.144 e. The van der Waals surface area contributed by atoms with Crippen LogP contribution in [0, 0.1) is 0 Å². The highest BCUT2D eigenvalue weighted by atomic mass is 32.2. The molecule has 2 rings (SSSR count). The second kappa shape index (κ2) is 5.76. The Morgan fingerprint density at radius 3 is 2.47 bits per heavy atom. The van der Waals surface area contributed by atoms with Crippen molar-refractivity contribution in [1.29, 1.82) is 0 Å². The molecule has 2 aromatic rings. The van der Waals surface area contributed by atoms with Crippen LogP contribution in [0.2, 0.25) is 0 Å². The first-order valence-electron chi connectivity index (χ1n) is 6.39. The predicted octanol–water partition coefficient (Wildman–Crippen LogP) is 3.92. The average Bonchev–Trinajstić information content (AvgIpc) is 2.37. The molecule has 2 aromatic carbocycles. The number of nitrogens with zero attached hydrogens (tertiary/aromatic N) is 1. The van der Waals surface area contributed by atoms with Crippen LogP contribution in [-0.4, -0.2) is 15.5 Å². The van der Waals surface area contributed by atoms with Crippen LogP contribution in [0.25, 0.3) is 10.8 Å². The van der Waals surface area contributed by atoms with Crippen molar-refractivity contribution in [3.8, 4) is 0 Å². The Balaban J connectivity index is 2.08. The largest absolute Gasteiger partial charge is 0.591 e. The van der Waals surface area contributed by atoms with Gasteiger partial charge < -0.3 is 4.55 Å². The van der Waals surface area contributed by atoms with Gasteiger partial charge in [-0.25, -0.2) is 0 Å². The van der Waals surface area contributed by atoms with E-state index in [4.69, 9.17) is 0 Å². The third-order valence-corrected chi connectivity index (χ3v) is 4.22. The van der Waals surface area contributed by atoms with E-state index >= 15 is 0 Å². The second-order valence-corrected chi connectivity index (χ2v) is 7.47. The van der Waals surface area contributed by atoms with Gasteiger partial charge in [-0.2, -0.15) is 0 Å². The van der Waals surface area contributed by atoms with E-state index in [-0.39, 0.29) is 4.75 Å². The summed E-state index contributed by atoms with van der Waals surface area (Å²) in [6, 6.07) is 14.6. The standard InChI is InChI=1S/C16H19NOS/c1-16(2,3)19(18)17-11-10-13-8-9-14-6-4-5-7-15(14)12-13/h4-9,11-12H,10H2,1-3H3. The molecule has 0 aliphatic carbocycles. The summed E-state index contributed by atoms with van der Waals surface area (Å²) in [5, 5.41) is 2.46. The molecule has 0 saturated carbocycles. The summed E-state index contributed by atoms with van der Waals surface area (Å²) in [5.74, 6) is 0. The number of fused-ring (bicyclic) bond motifs is 1. The Morgan fingerprint density at radius 1 is 1.11 bits per heavy atom. The molecule has 0 fully saturated rings. The molecular formula is C16H19NOS. The molecule has 0 aliphatic rings. The summed E-state index contributed by atoms with van der Waals surface area (Å²) in [5.41, 5.74) is 1.19. The molecule has 19 heavy (non-hydrogen) atoms. The highest BCUT2D eigenvalue weighted by Gasteiger charge is 2.25. The molecule has 0 saturated heterocycles. The molecule has 0 heterocycles. The van der Waals surface area contributed by atoms with E-state index in [9.17, 15) is 4.55 Å². The van der Waals surface area contributed by atoms with E-state index in [1.54, 1.807) is 6.21 Å². The van der Waals surface area contributed by atoms with Gasteiger partial charge in [0.15, 0.2) is 0 Å². The van der Waals surface area contributed by atoms with Crippen LogP contribution in [-0.2, 0) is 17.8 Å². The van der Waals surface area contributed by atoms with E-state index in [0.29, 0.717) is 6.42 Å². The maximum absolute atomic E-state index is 11.8. The first-order chi connectivity index (χ1) is 8.97. The molecule has 0 radical (unpaired) electrons. The summed E-state index contributed by atoms with van der Waals surface area (Å²) in [4.78, 5) is 0. The fraction of sp³-hybridized carbons (Fsp3) is 0.312. The molecule has 1 unspecified atom stereocenters. The van der Waals surface area contributed by atoms with Gasteiger partial charge in [-0.3, -0.25) is 0 Å².